The highest BCUT2D eigenvalue weighted by molar-refractivity contribution is 6.45. The lowest BCUT2D eigenvalue weighted by Crippen LogP contribution is -2.56. The van der Waals surface area contributed by atoms with Crippen LogP contribution in [0, 0.1) is 0 Å². The van der Waals surface area contributed by atoms with Gasteiger partial charge in [0.15, 0.2) is 0 Å². The number of benzene rings is 11. The Morgan fingerprint density at radius 2 is 0.614 bits per heavy atom. The number of pyridine rings is 2. The second-order valence-corrected chi connectivity index (χ2v) is 30.4. The van der Waals surface area contributed by atoms with Crippen LogP contribution in [0.25, 0.3) is 43.1 Å². The van der Waals surface area contributed by atoms with Crippen LogP contribution in [0.4, 0.5) is 11.4 Å². The molecule has 0 fully saturated rings. The fraction of sp³-hybridized carbons (Fsp3) is 0.265. The molecule has 576 valence electrons. The van der Waals surface area contributed by atoms with Gasteiger partial charge in [-0.1, -0.05) is 166 Å². The lowest BCUT2D eigenvalue weighted by atomic mass is 9.80. The number of carbonyl (C=O) groups is 6. The maximum absolute atomic E-state index is 17.0. The molecule has 0 spiro atoms. The first-order valence-electron chi connectivity index (χ1n) is 40.2. The Balaban J connectivity index is 1.10. The van der Waals surface area contributed by atoms with Gasteiger partial charge in [-0.05, 0) is 205 Å². The molecule has 6 amide bonds. The van der Waals surface area contributed by atoms with Crippen molar-refractivity contribution in [1.82, 2.24) is 19.8 Å². The van der Waals surface area contributed by atoms with Crippen LogP contribution in [0.2, 0.25) is 0 Å². The molecule has 2 aromatic heterocycles. The highest BCUT2D eigenvalue weighted by atomic mass is 16.5. The van der Waals surface area contributed by atoms with E-state index in [4.69, 9.17) is 18.9 Å². The van der Waals surface area contributed by atoms with Crippen molar-refractivity contribution in [2.75, 3.05) is 22.9 Å². The first kappa shape index (κ1) is 76.8. The van der Waals surface area contributed by atoms with Crippen molar-refractivity contribution in [3.8, 4) is 46.0 Å². The molecule has 0 bridgehead atoms. The Bertz CT molecular complexity index is 5150. The van der Waals surface area contributed by atoms with Crippen LogP contribution in [-0.4, -0.2) is 80.4 Å². The van der Waals surface area contributed by atoms with E-state index in [1.165, 1.54) is 0 Å². The molecule has 13 aromatic rings. The van der Waals surface area contributed by atoms with E-state index in [-0.39, 0.29) is 106 Å². The second kappa shape index (κ2) is 33.0. The predicted octanol–water partition coefficient (Wildman–Crippen LogP) is 23.1. The van der Waals surface area contributed by atoms with E-state index in [1.54, 1.807) is 71.0 Å². The predicted molar refractivity (Wildman–Crippen MR) is 451 cm³/mol. The first-order valence-corrected chi connectivity index (χ1v) is 40.2. The maximum Gasteiger partial charge on any atom is 0.262 e. The number of fused-ring (bicyclic) bond motifs is 2. The zero-order valence-electron chi connectivity index (χ0n) is 66.2. The van der Waals surface area contributed by atoms with E-state index in [1.807, 2.05) is 184 Å². The highest BCUT2D eigenvalue weighted by Crippen LogP contribution is 2.58. The number of para-hydroxylation sites is 2. The average Bonchev–Trinajstić information content (AvgIpc) is 0.669. The third-order valence-electron chi connectivity index (χ3n) is 23.2. The van der Waals surface area contributed by atoms with Gasteiger partial charge in [0.25, 0.3) is 35.4 Å². The largest absolute Gasteiger partial charge is 0.457 e. The molecule has 0 saturated heterocycles. The van der Waals surface area contributed by atoms with Gasteiger partial charge in [0, 0.05) is 105 Å². The molecule has 0 radical (unpaired) electrons. The molecule has 16 nitrogen and oxygen atoms in total. The summed E-state index contributed by atoms with van der Waals surface area (Å²) >= 11 is 0. The molecule has 0 saturated carbocycles. The van der Waals surface area contributed by atoms with E-state index in [2.05, 4.69) is 65.4 Å². The van der Waals surface area contributed by atoms with Gasteiger partial charge >= 0.3 is 0 Å². The fourth-order valence-electron chi connectivity index (χ4n) is 16.2. The summed E-state index contributed by atoms with van der Waals surface area (Å²) < 4.78 is 29.9. The molecule has 11 aromatic carbocycles. The standard InChI is InChI=1S/C98H94N6O10/c1-11-49-101(69-27-19-17-20-28-69)97(109)79(51-63-25-23-47-99-57-63)103-93(105)75-53-81(111-71-39-31-65(32-40-71)59(7)13-3)87-89-83(113-73-43-35-67(36-44-73)61(9)15-5)55-77-86-78(96(108)104(95(77)107)80(52-64-26-24-48-100-58-64)98(110)102(50-12-2)70-29-21-18-22-30-70)56-84(114-74-45-37-68(38-46-74)62(10)16-6)90(92(86)89)88-82(54-76(94(103)106)85(75)91(87)88)112-72-41-33-66(34-42-72)60(8)14-4/h17-48,53-62,79-80H,11-16,49-52H2,1-10H3. The lowest BCUT2D eigenvalue weighted by molar-refractivity contribution is -0.123. The van der Waals surface area contributed by atoms with Crippen molar-refractivity contribution < 1.29 is 47.7 Å². The SMILES string of the molecule is CCCN(C(=O)C(Cc1cccnc1)N1C(=O)c2cc(Oc3ccc(C(C)CC)cc3)c3c4c(Oc5ccc(C(C)CC)cc5)cc5c6c(cc(Oc7ccc(C(C)CC)cc7)c(c7c(Oc8ccc(C(C)CC)cc8)cc(c2c37)C1=O)c64)C(=O)N(C(Cc1cccnc1)C(=O)N(CCC)c1ccccc1)C5=O)c1ccccc1. The van der Waals surface area contributed by atoms with Crippen molar-refractivity contribution >= 4 is 89.9 Å². The Labute approximate surface area is 665 Å². The second-order valence-electron chi connectivity index (χ2n) is 30.4. The maximum atomic E-state index is 17.0. The number of rotatable bonds is 30. The number of imide groups is 2. The summed E-state index contributed by atoms with van der Waals surface area (Å²) in [6, 6.07) is 60.7. The van der Waals surface area contributed by atoms with Crippen LogP contribution < -0.4 is 28.7 Å². The molecule has 2 aliphatic heterocycles. The van der Waals surface area contributed by atoms with Crippen molar-refractivity contribution in [3.05, 3.63) is 287 Å². The number of hydrogen-bond donors (Lipinski definition) is 0. The van der Waals surface area contributed by atoms with Crippen LogP contribution in [0.5, 0.6) is 46.0 Å². The van der Waals surface area contributed by atoms with E-state index in [9.17, 15) is 0 Å². The number of hydrogen-bond acceptors (Lipinski definition) is 12. The summed E-state index contributed by atoms with van der Waals surface area (Å²) in [7, 11) is 0. The number of amides is 6. The van der Waals surface area contributed by atoms with Crippen LogP contribution in [-0.2, 0) is 22.4 Å². The monoisotopic (exact) mass is 1510 g/mol. The minimum absolute atomic E-state index is 0.0317. The van der Waals surface area contributed by atoms with Crippen LogP contribution in [0.15, 0.2) is 231 Å². The summed E-state index contributed by atoms with van der Waals surface area (Å²) in [4.78, 5) is 115. The average molecular weight is 1520 g/mol. The Morgan fingerprint density at radius 3 is 0.851 bits per heavy atom. The molecule has 0 N–H and O–H groups in total. The number of nitrogens with zero attached hydrogens (tertiary/aromatic N) is 6. The molecule has 6 unspecified atom stereocenters. The van der Waals surface area contributed by atoms with Gasteiger partial charge in [0.2, 0.25) is 0 Å². The van der Waals surface area contributed by atoms with Crippen molar-refractivity contribution in [3.63, 3.8) is 0 Å². The lowest BCUT2D eigenvalue weighted by Gasteiger charge is -2.37. The number of carbonyl (C=O) groups excluding carboxylic acids is 6. The van der Waals surface area contributed by atoms with Crippen molar-refractivity contribution in [2.45, 2.75) is 156 Å². The molecule has 16 heteroatoms. The highest BCUT2D eigenvalue weighted by Gasteiger charge is 2.48. The number of aromatic nitrogens is 2. The summed E-state index contributed by atoms with van der Waals surface area (Å²) in [5.74, 6) is -1.26. The summed E-state index contributed by atoms with van der Waals surface area (Å²) in [6.45, 7) is 21.7. The summed E-state index contributed by atoms with van der Waals surface area (Å²) in [5, 5.41) is 2.33. The van der Waals surface area contributed by atoms with Gasteiger partial charge in [-0.15, -0.1) is 0 Å². The minimum Gasteiger partial charge on any atom is -0.457 e. The normalized spacial score (nSPS) is 14.3. The smallest absolute Gasteiger partial charge is 0.262 e. The van der Waals surface area contributed by atoms with Crippen LogP contribution in [0.1, 0.15) is 206 Å². The van der Waals surface area contributed by atoms with Gasteiger partial charge in [0.1, 0.15) is 58.1 Å². The van der Waals surface area contributed by atoms with Crippen LogP contribution in [0.3, 0.4) is 0 Å². The Morgan fingerprint density at radius 1 is 0.342 bits per heavy atom. The van der Waals surface area contributed by atoms with Gasteiger partial charge < -0.3 is 28.7 Å². The Hall–Kier alpha value is -12.6. The molecular weight excluding hydrogens is 1420 g/mol. The minimum atomic E-state index is -1.44. The molecule has 114 heavy (non-hydrogen) atoms. The van der Waals surface area contributed by atoms with E-state index < -0.39 is 47.5 Å². The Kier molecular flexibility index (Phi) is 22.2. The zero-order chi connectivity index (χ0) is 79.6. The molecular formula is C98H94N6O10. The van der Waals surface area contributed by atoms with Gasteiger partial charge in [0.05, 0.1) is 22.3 Å². The first-order chi connectivity index (χ1) is 55.4. The summed E-state index contributed by atoms with van der Waals surface area (Å²) in [5.41, 5.74) is 6.80. The van der Waals surface area contributed by atoms with E-state index in [0.717, 1.165) is 57.7 Å². The number of ether oxygens (including phenoxy) is 4. The number of anilines is 2. The third-order valence-corrected chi connectivity index (χ3v) is 23.2. The quantitative estimate of drug-likeness (QED) is 0.0237. The third kappa shape index (κ3) is 14.5. The molecule has 6 atom stereocenters. The zero-order valence-corrected chi connectivity index (χ0v) is 66.2. The fourth-order valence-corrected chi connectivity index (χ4v) is 16.2. The molecule has 15 rings (SSSR count). The van der Waals surface area contributed by atoms with Crippen molar-refractivity contribution in [1.29, 1.82) is 0 Å². The molecule has 2 aliphatic rings. The van der Waals surface area contributed by atoms with E-state index in [0.29, 0.717) is 90.7 Å². The van der Waals surface area contributed by atoms with Gasteiger partial charge in [-0.25, -0.2) is 0 Å². The topological polar surface area (TPSA) is 178 Å². The van der Waals surface area contributed by atoms with Gasteiger partial charge in [-0.2, -0.15) is 0 Å². The van der Waals surface area contributed by atoms with Crippen molar-refractivity contribution in [2.24, 2.45) is 0 Å². The van der Waals surface area contributed by atoms with Gasteiger partial charge in [-0.3, -0.25) is 48.5 Å². The van der Waals surface area contributed by atoms with Crippen LogP contribution >= 0.6 is 0 Å². The molecule has 4 heterocycles. The molecule has 0 aliphatic carbocycles. The summed E-state index contributed by atoms with van der Waals surface area (Å²) in [6.07, 6.45) is 11.0. The van der Waals surface area contributed by atoms with E-state index >= 15 is 28.8 Å².